The molecule has 0 amide bonds. The van der Waals surface area contributed by atoms with Crippen LogP contribution in [0.25, 0.3) is 36.5 Å². The predicted molar refractivity (Wildman–Crippen MR) is 223 cm³/mol. The molecule has 1 aliphatic heterocycles. The van der Waals surface area contributed by atoms with Crippen molar-refractivity contribution in [2.45, 2.75) is 38.9 Å². The van der Waals surface area contributed by atoms with Gasteiger partial charge in [-0.25, -0.2) is 8.78 Å². The van der Waals surface area contributed by atoms with E-state index in [1.54, 1.807) is 24.3 Å². The van der Waals surface area contributed by atoms with Gasteiger partial charge in [0, 0.05) is 17.1 Å². The van der Waals surface area contributed by atoms with Crippen molar-refractivity contribution in [1.29, 1.82) is 0 Å². The third-order valence-corrected chi connectivity index (χ3v) is 10.0. The summed E-state index contributed by atoms with van der Waals surface area (Å²) in [6, 6.07) is 46.4. The molecule has 1 saturated heterocycles. The van der Waals surface area contributed by atoms with Crippen LogP contribution in [0.15, 0.2) is 146 Å². The fourth-order valence-corrected chi connectivity index (χ4v) is 6.16. The first-order valence-electron chi connectivity index (χ1n) is 18.1. The maximum absolute atomic E-state index is 13.4. The summed E-state index contributed by atoms with van der Waals surface area (Å²) in [5.41, 5.74) is 9.30. The molecule has 0 saturated carbocycles. The monoisotopic (exact) mass is 713 g/mol. The van der Waals surface area contributed by atoms with Crippen LogP contribution in [0, 0.1) is 11.6 Å². The molecule has 0 aliphatic carbocycles. The van der Waals surface area contributed by atoms with Gasteiger partial charge in [-0.2, -0.15) is 0 Å². The highest BCUT2D eigenvalue weighted by atomic mass is 19.1. The zero-order valence-electron chi connectivity index (χ0n) is 30.9. The maximum atomic E-state index is 13.4. The summed E-state index contributed by atoms with van der Waals surface area (Å²) in [6.45, 7) is 8.26. The maximum Gasteiger partial charge on any atom is 0.494 e. The Balaban J connectivity index is 1.12. The third-order valence-electron chi connectivity index (χ3n) is 10.0. The fourth-order valence-electron chi connectivity index (χ4n) is 6.16. The number of nitrogens with zero attached hydrogens (tertiary/aromatic N) is 1. The van der Waals surface area contributed by atoms with E-state index in [1.807, 2.05) is 36.4 Å². The molecule has 0 atom stereocenters. The summed E-state index contributed by atoms with van der Waals surface area (Å²) in [5.74, 6) is -0.497. The molecule has 0 spiro atoms. The molecule has 268 valence electrons. The minimum Gasteiger partial charge on any atom is -0.399 e. The van der Waals surface area contributed by atoms with Crippen molar-refractivity contribution < 1.29 is 18.1 Å². The van der Waals surface area contributed by atoms with Gasteiger partial charge < -0.3 is 14.2 Å². The number of anilines is 3. The molecule has 54 heavy (non-hydrogen) atoms. The molecule has 6 aromatic carbocycles. The number of rotatable bonds is 10. The number of hydrogen-bond donors (Lipinski definition) is 0. The van der Waals surface area contributed by atoms with Crippen molar-refractivity contribution in [3.8, 4) is 0 Å². The SMILES string of the molecule is CC1(C)OB(c2cccc(/C=C/c3ccc(N(c4ccc(/C=C/c5ccc(F)cc5)cc4)c4ccc(/C=C/c5ccc(F)cc5)cc4)cc3)c2)OC1(C)C. The highest BCUT2D eigenvalue weighted by Gasteiger charge is 2.51. The summed E-state index contributed by atoms with van der Waals surface area (Å²) < 4.78 is 39.3. The van der Waals surface area contributed by atoms with E-state index in [-0.39, 0.29) is 11.6 Å². The lowest BCUT2D eigenvalue weighted by molar-refractivity contribution is 0.00578. The zero-order valence-corrected chi connectivity index (χ0v) is 30.9. The molecule has 1 heterocycles. The van der Waals surface area contributed by atoms with Crippen molar-refractivity contribution in [3.63, 3.8) is 0 Å². The summed E-state index contributed by atoms with van der Waals surface area (Å²) in [5, 5.41) is 0. The number of hydrogen-bond acceptors (Lipinski definition) is 3. The second kappa shape index (κ2) is 15.7. The molecule has 7 rings (SSSR count). The van der Waals surface area contributed by atoms with E-state index < -0.39 is 18.3 Å². The van der Waals surface area contributed by atoms with Crippen LogP contribution < -0.4 is 10.4 Å². The lowest BCUT2D eigenvalue weighted by Gasteiger charge is -2.32. The van der Waals surface area contributed by atoms with Gasteiger partial charge in [0.25, 0.3) is 0 Å². The summed E-state index contributed by atoms with van der Waals surface area (Å²) in [6.07, 6.45) is 12.2. The summed E-state index contributed by atoms with van der Waals surface area (Å²) in [7, 11) is -0.409. The molecule has 0 aromatic heterocycles. The van der Waals surface area contributed by atoms with Crippen LogP contribution in [-0.4, -0.2) is 18.3 Å². The Kier molecular flexibility index (Phi) is 10.6. The molecule has 3 nitrogen and oxygen atoms in total. The molecule has 0 N–H and O–H groups in total. The topological polar surface area (TPSA) is 21.7 Å². The number of benzene rings is 6. The van der Waals surface area contributed by atoms with Gasteiger partial charge in [0.2, 0.25) is 0 Å². The molecule has 1 aliphatic rings. The van der Waals surface area contributed by atoms with E-state index in [1.165, 1.54) is 24.3 Å². The lowest BCUT2D eigenvalue weighted by Crippen LogP contribution is -2.41. The van der Waals surface area contributed by atoms with Gasteiger partial charge in [0.05, 0.1) is 11.2 Å². The highest BCUT2D eigenvalue weighted by Crippen LogP contribution is 2.37. The molecular weight excluding hydrogens is 671 g/mol. The average Bonchev–Trinajstić information content (AvgIpc) is 3.41. The van der Waals surface area contributed by atoms with E-state index in [2.05, 4.69) is 130 Å². The molecule has 6 heteroatoms. The second-order valence-corrected chi connectivity index (χ2v) is 14.5. The van der Waals surface area contributed by atoms with Crippen LogP contribution in [0.1, 0.15) is 61.1 Å². The molecule has 0 radical (unpaired) electrons. The van der Waals surface area contributed by atoms with Crippen LogP contribution >= 0.6 is 0 Å². The molecule has 6 aromatic rings. The first-order chi connectivity index (χ1) is 26.0. The van der Waals surface area contributed by atoms with E-state index in [0.717, 1.165) is 55.9 Å². The zero-order chi connectivity index (χ0) is 37.7. The number of halogens is 2. The first-order valence-corrected chi connectivity index (χ1v) is 18.1. The van der Waals surface area contributed by atoms with Gasteiger partial charge in [-0.1, -0.05) is 121 Å². The van der Waals surface area contributed by atoms with Gasteiger partial charge >= 0.3 is 7.12 Å². The van der Waals surface area contributed by atoms with Crippen LogP contribution in [0.4, 0.5) is 25.8 Å². The minimum atomic E-state index is -0.409. The standard InChI is InChI=1S/C48H42BF2NO2/c1-47(2)48(3,4)54-49(53-47)41-7-5-6-40(34-41)13-12-39-22-32-46(33-23-39)52(44-28-18-37(19-29-44)10-8-35-14-24-42(50)25-15-35)45-30-20-38(21-31-45)11-9-36-16-26-43(51)27-17-36/h5-34H,1-4H3/b10-8+,11-9+,13-12+. The predicted octanol–water partition coefficient (Wildman–Crippen LogP) is 12.2. The largest absolute Gasteiger partial charge is 0.494 e. The van der Waals surface area contributed by atoms with Gasteiger partial charge in [0.15, 0.2) is 0 Å². The van der Waals surface area contributed by atoms with Gasteiger partial charge in [0.1, 0.15) is 11.6 Å². The summed E-state index contributed by atoms with van der Waals surface area (Å²) in [4.78, 5) is 2.22. The first kappa shape index (κ1) is 36.5. The Morgan fingerprint density at radius 1 is 0.426 bits per heavy atom. The van der Waals surface area contributed by atoms with Gasteiger partial charge in [-0.3, -0.25) is 0 Å². The average molecular weight is 714 g/mol. The van der Waals surface area contributed by atoms with Crippen molar-refractivity contribution >= 4 is 66.1 Å². The Morgan fingerprint density at radius 2 is 0.741 bits per heavy atom. The minimum absolute atomic E-state index is 0.249. The second-order valence-electron chi connectivity index (χ2n) is 14.5. The van der Waals surface area contributed by atoms with Gasteiger partial charge in [-0.05, 0) is 127 Å². The van der Waals surface area contributed by atoms with E-state index in [9.17, 15) is 8.78 Å². The third kappa shape index (κ3) is 8.69. The fraction of sp³-hybridized carbons (Fsp3) is 0.125. The summed E-state index contributed by atoms with van der Waals surface area (Å²) >= 11 is 0. The van der Waals surface area contributed by atoms with Crippen LogP contribution in [-0.2, 0) is 9.31 Å². The Bertz CT molecular complexity index is 2160. The lowest BCUT2D eigenvalue weighted by atomic mass is 9.78. The van der Waals surface area contributed by atoms with Crippen molar-refractivity contribution in [2.75, 3.05) is 4.90 Å². The van der Waals surface area contributed by atoms with Crippen LogP contribution in [0.5, 0.6) is 0 Å². The molecule has 0 bridgehead atoms. The van der Waals surface area contributed by atoms with Crippen LogP contribution in [0.2, 0.25) is 0 Å². The van der Waals surface area contributed by atoms with E-state index >= 15 is 0 Å². The highest BCUT2D eigenvalue weighted by molar-refractivity contribution is 6.62. The molecule has 1 fully saturated rings. The molecule has 0 unspecified atom stereocenters. The Labute approximate surface area is 317 Å². The van der Waals surface area contributed by atoms with Crippen molar-refractivity contribution in [1.82, 2.24) is 0 Å². The van der Waals surface area contributed by atoms with E-state index in [4.69, 9.17) is 9.31 Å². The van der Waals surface area contributed by atoms with Gasteiger partial charge in [-0.15, -0.1) is 0 Å². The van der Waals surface area contributed by atoms with E-state index in [0.29, 0.717) is 0 Å². The van der Waals surface area contributed by atoms with Crippen LogP contribution in [0.3, 0.4) is 0 Å². The molecular formula is C48H42BF2NO2. The van der Waals surface area contributed by atoms with Crippen molar-refractivity contribution in [2.24, 2.45) is 0 Å². The smallest absolute Gasteiger partial charge is 0.399 e. The normalized spacial score (nSPS) is 15.1. The quantitative estimate of drug-likeness (QED) is 0.104. The van der Waals surface area contributed by atoms with Crippen molar-refractivity contribution in [3.05, 3.63) is 191 Å². The Morgan fingerprint density at radius 3 is 1.09 bits per heavy atom. The Hall–Kier alpha value is -5.82.